The fourth-order valence-electron chi connectivity index (χ4n) is 6.58. The molecule has 2 amide bonds. The van der Waals surface area contributed by atoms with E-state index in [1.165, 1.54) is 13.2 Å². The summed E-state index contributed by atoms with van der Waals surface area (Å²) in [5.41, 5.74) is 6.94. The Morgan fingerprint density at radius 1 is 1.13 bits per heavy atom. The van der Waals surface area contributed by atoms with E-state index in [-0.39, 0.29) is 41.5 Å². The highest BCUT2D eigenvalue weighted by Crippen LogP contribution is 2.43. The lowest BCUT2D eigenvalue weighted by Gasteiger charge is -2.46. The number of rotatable bonds is 9. The molecule has 0 saturated heterocycles. The van der Waals surface area contributed by atoms with Gasteiger partial charge in [0, 0.05) is 56.4 Å². The van der Waals surface area contributed by atoms with Crippen LogP contribution in [0.2, 0.25) is 0 Å². The van der Waals surface area contributed by atoms with Gasteiger partial charge in [0.1, 0.15) is 6.10 Å². The van der Waals surface area contributed by atoms with Crippen molar-refractivity contribution in [3.05, 3.63) is 46.3 Å². The summed E-state index contributed by atoms with van der Waals surface area (Å²) in [7, 11) is 3.09. The number of aliphatic hydroxyl groups is 1. The van der Waals surface area contributed by atoms with Gasteiger partial charge in [0.15, 0.2) is 0 Å². The summed E-state index contributed by atoms with van der Waals surface area (Å²) in [6, 6.07) is 0. The molecular weight excluding hydrogens is 592 g/mol. The number of nitrogens with one attached hydrogen (secondary N) is 2. The summed E-state index contributed by atoms with van der Waals surface area (Å²) in [6.45, 7) is 12.4. The molecule has 0 aromatic carbocycles. The molecule has 12 heteroatoms. The summed E-state index contributed by atoms with van der Waals surface area (Å²) in [5.74, 6) is -2.09. The van der Waals surface area contributed by atoms with E-state index >= 15 is 0 Å². The number of allylic oxidation sites excluding steroid dienone is 3. The molecule has 0 aromatic heterocycles. The van der Waals surface area contributed by atoms with Gasteiger partial charge in [-0.1, -0.05) is 39.8 Å². The number of ether oxygens (including phenoxy) is 3. The molecule has 5 N–H and O–H groups in total. The molecule has 1 unspecified atom stereocenters. The molecule has 2 aliphatic carbocycles. The van der Waals surface area contributed by atoms with Gasteiger partial charge < -0.3 is 40.6 Å². The number of carbonyl (C=O) groups excluding carboxylic acids is 4. The van der Waals surface area contributed by atoms with Crippen molar-refractivity contribution in [2.45, 2.75) is 84.7 Å². The Kier molecular flexibility index (Phi) is 13.7. The summed E-state index contributed by atoms with van der Waals surface area (Å²) in [5, 5.41) is 17.2. The Hall–Kier alpha value is -3.32. The Morgan fingerprint density at radius 3 is 2.43 bits per heavy atom. The quantitative estimate of drug-likeness (QED) is 0.216. The molecule has 2 aliphatic heterocycles. The van der Waals surface area contributed by atoms with Crippen molar-refractivity contribution >= 4 is 23.6 Å². The van der Waals surface area contributed by atoms with E-state index in [0.29, 0.717) is 49.1 Å². The second kappa shape index (κ2) is 17.0. The number of carbonyl (C=O) groups is 4. The molecule has 256 valence electrons. The number of methoxy groups -OCH3 is 2. The smallest absolute Gasteiger partial charge is 0.405 e. The summed E-state index contributed by atoms with van der Waals surface area (Å²) in [4.78, 5) is 54.4. The van der Waals surface area contributed by atoms with Gasteiger partial charge in [0.2, 0.25) is 11.6 Å². The first-order chi connectivity index (χ1) is 21.9. The summed E-state index contributed by atoms with van der Waals surface area (Å²) in [6.07, 6.45) is 2.91. The number of nitrogens with zero attached hydrogens (tertiary/aromatic N) is 1. The van der Waals surface area contributed by atoms with Crippen LogP contribution < -0.4 is 16.4 Å². The van der Waals surface area contributed by atoms with Crippen molar-refractivity contribution in [2.75, 3.05) is 40.4 Å². The Bertz CT molecular complexity index is 1270. The highest BCUT2D eigenvalue weighted by Gasteiger charge is 2.48. The van der Waals surface area contributed by atoms with E-state index in [4.69, 9.17) is 19.9 Å². The number of nitrogens with two attached hydrogens (primary N) is 1. The third kappa shape index (κ3) is 8.93. The maximum absolute atomic E-state index is 13.8. The number of hydrogen-bond donors (Lipinski definition) is 4. The molecule has 12 nitrogen and oxygen atoms in total. The van der Waals surface area contributed by atoms with Gasteiger partial charge in [0.25, 0.3) is 5.91 Å². The predicted molar refractivity (Wildman–Crippen MR) is 173 cm³/mol. The van der Waals surface area contributed by atoms with Crippen molar-refractivity contribution in [1.29, 1.82) is 0 Å². The zero-order valence-electron chi connectivity index (χ0n) is 28.3. The fraction of sp³-hybridized carbons (Fsp3) is 0.647. The van der Waals surface area contributed by atoms with Gasteiger partial charge in [-0.25, -0.2) is 4.79 Å². The second-order valence-corrected chi connectivity index (χ2v) is 12.5. The molecule has 4 rings (SSSR count). The SMILES string of the molecule is CCN(CC)CCNC1=C2C[C@@H](C)C[C@H](OC)[C@H](O)[C@@H](C)/C=C3\C(OC)[C@@H](CC/C=C(\C)C(=O)NC(=CC1=O)C2=O)[C@H]3OC(N)=O. The summed E-state index contributed by atoms with van der Waals surface area (Å²) < 4.78 is 17.0. The second-order valence-electron chi connectivity index (χ2n) is 12.5. The number of hydrogen-bond acceptors (Lipinski definition) is 10. The number of aliphatic hydroxyl groups excluding tert-OH is 1. The van der Waals surface area contributed by atoms with Crippen LogP contribution in [0.1, 0.15) is 60.3 Å². The van der Waals surface area contributed by atoms with Crippen molar-refractivity contribution in [1.82, 2.24) is 15.5 Å². The van der Waals surface area contributed by atoms with Crippen LogP contribution in [-0.2, 0) is 28.6 Å². The standard InChI is InChI=1S/C34H52N4O8/c1-8-38(9-2)14-13-36-28-23-15-19(3)16-27(44-6)29(40)21(5)17-24-31(45-7)22(32(24)46-34(35)43)12-10-11-20(4)33(42)37-25(30(23)41)18-26(28)39/h11,17-19,21-22,27,29,31-32,36,40H,8-10,12-16H2,1-7H3,(H2,35,43)(H,37,42)/b20-11+,24-17+/t19-,21+,22-,27+,29-,31?,32-/m1/s1. The maximum Gasteiger partial charge on any atom is 0.405 e. The van der Waals surface area contributed by atoms with E-state index < -0.39 is 42.0 Å². The first kappa shape index (κ1) is 37.1. The third-order valence-corrected chi connectivity index (χ3v) is 9.32. The van der Waals surface area contributed by atoms with Crippen LogP contribution in [0.25, 0.3) is 0 Å². The van der Waals surface area contributed by atoms with E-state index in [1.54, 1.807) is 20.1 Å². The minimum Gasteiger partial charge on any atom is -0.441 e. The molecule has 2 heterocycles. The molecule has 0 spiro atoms. The van der Waals surface area contributed by atoms with Gasteiger partial charge >= 0.3 is 6.09 Å². The molecule has 1 fully saturated rings. The normalized spacial score (nSPS) is 32.1. The topological polar surface area (TPSA) is 170 Å². The van der Waals surface area contributed by atoms with Crippen molar-refractivity contribution in [3.8, 4) is 0 Å². The van der Waals surface area contributed by atoms with Gasteiger partial charge in [0.05, 0.1) is 29.7 Å². The van der Waals surface area contributed by atoms with Crippen molar-refractivity contribution in [2.24, 2.45) is 23.5 Å². The molecule has 7 atom stereocenters. The molecule has 1 saturated carbocycles. The Morgan fingerprint density at radius 2 is 1.83 bits per heavy atom. The number of amides is 2. The first-order valence-electron chi connectivity index (χ1n) is 16.3. The monoisotopic (exact) mass is 644 g/mol. The highest BCUT2D eigenvalue weighted by molar-refractivity contribution is 6.23. The number of likely N-dealkylation sites (N-methyl/N-ethyl adjacent to an activating group) is 1. The van der Waals surface area contributed by atoms with Crippen LogP contribution in [0.5, 0.6) is 0 Å². The minimum atomic E-state index is -0.933. The fourth-order valence-corrected chi connectivity index (χ4v) is 6.58. The van der Waals surface area contributed by atoms with Crippen LogP contribution in [0, 0.1) is 17.8 Å². The lowest BCUT2D eigenvalue weighted by molar-refractivity contribution is -0.120. The van der Waals surface area contributed by atoms with E-state index in [1.807, 2.05) is 19.9 Å². The van der Waals surface area contributed by atoms with Gasteiger partial charge in [-0.2, -0.15) is 0 Å². The number of ketones is 2. The number of Topliss-reactive ketones (excluding diaryl/α,β-unsaturated/α-hetero) is 1. The number of fused-ring (bicyclic) bond motifs is 10. The number of primary amides is 1. The molecule has 0 aromatic rings. The van der Waals surface area contributed by atoms with Crippen LogP contribution in [0.15, 0.2) is 46.3 Å². The Labute approximate surface area is 272 Å². The van der Waals surface area contributed by atoms with Crippen LogP contribution in [0.3, 0.4) is 0 Å². The first-order valence-corrected chi connectivity index (χ1v) is 16.3. The molecule has 46 heavy (non-hydrogen) atoms. The maximum atomic E-state index is 13.8. The molecule has 4 bridgehead atoms. The van der Waals surface area contributed by atoms with Gasteiger partial charge in [-0.15, -0.1) is 0 Å². The van der Waals surface area contributed by atoms with Crippen LogP contribution >= 0.6 is 0 Å². The summed E-state index contributed by atoms with van der Waals surface area (Å²) >= 11 is 0. The highest BCUT2D eigenvalue weighted by atomic mass is 16.6. The third-order valence-electron chi connectivity index (χ3n) is 9.32. The zero-order chi connectivity index (χ0) is 34.1. The average Bonchev–Trinajstić information content (AvgIpc) is 3.02. The van der Waals surface area contributed by atoms with E-state index in [9.17, 15) is 24.3 Å². The lowest BCUT2D eigenvalue weighted by Crippen LogP contribution is -2.53. The predicted octanol–water partition coefficient (Wildman–Crippen LogP) is 2.53. The van der Waals surface area contributed by atoms with Gasteiger partial charge in [-0.3, -0.25) is 14.4 Å². The minimum absolute atomic E-state index is 0.0729. The lowest BCUT2D eigenvalue weighted by atomic mass is 9.69. The molecular formula is C34H52N4O8. The Balaban J connectivity index is 1.99. The van der Waals surface area contributed by atoms with Crippen LogP contribution in [-0.4, -0.2) is 98.4 Å². The van der Waals surface area contributed by atoms with Crippen LogP contribution in [0.4, 0.5) is 4.79 Å². The molecule has 4 aliphatic rings. The van der Waals surface area contributed by atoms with Crippen molar-refractivity contribution < 1.29 is 38.5 Å². The average molecular weight is 645 g/mol. The van der Waals surface area contributed by atoms with E-state index in [0.717, 1.165) is 13.1 Å². The van der Waals surface area contributed by atoms with Gasteiger partial charge in [-0.05, 0) is 57.2 Å². The zero-order valence-corrected chi connectivity index (χ0v) is 28.3. The van der Waals surface area contributed by atoms with Crippen molar-refractivity contribution in [3.63, 3.8) is 0 Å². The molecule has 0 radical (unpaired) electrons. The largest absolute Gasteiger partial charge is 0.441 e. The van der Waals surface area contributed by atoms with E-state index in [2.05, 4.69) is 29.4 Å².